The van der Waals surface area contributed by atoms with E-state index < -0.39 is 0 Å². The molecule has 0 radical (unpaired) electrons. The quantitative estimate of drug-likeness (QED) is 0.657. The minimum absolute atomic E-state index is 0.264. The Morgan fingerprint density at radius 3 is 3.19 bits per heavy atom. The number of carbonyl (C=O) groups is 1. The number of piperidine rings is 1. The maximum Gasteiger partial charge on any atom is 0.224 e. The highest BCUT2D eigenvalue weighted by Gasteiger charge is 2.40. The molecule has 2 saturated heterocycles. The van der Waals surface area contributed by atoms with E-state index in [-0.39, 0.29) is 11.8 Å². The molecule has 2 N–H and O–H groups in total. The predicted octanol–water partition coefficient (Wildman–Crippen LogP) is 0.196. The van der Waals surface area contributed by atoms with E-state index in [0.717, 1.165) is 39.1 Å². The SMILES string of the molecule is CCCNCCN1CCCC2C(=O)NCC21. The lowest BCUT2D eigenvalue weighted by Crippen LogP contribution is -2.47. The maximum absolute atomic E-state index is 11.6. The van der Waals surface area contributed by atoms with Crippen molar-refractivity contribution < 1.29 is 4.79 Å². The van der Waals surface area contributed by atoms with Crippen LogP contribution in [0.15, 0.2) is 0 Å². The summed E-state index contributed by atoms with van der Waals surface area (Å²) in [6.45, 7) is 7.42. The molecule has 1 amide bonds. The lowest BCUT2D eigenvalue weighted by Gasteiger charge is -2.35. The predicted molar refractivity (Wildman–Crippen MR) is 64.3 cm³/mol. The summed E-state index contributed by atoms with van der Waals surface area (Å²) in [6, 6.07) is 0.463. The largest absolute Gasteiger partial charge is 0.354 e. The fourth-order valence-corrected chi connectivity index (χ4v) is 2.84. The maximum atomic E-state index is 11.6. The molecule has 0 spiro atoms. The van der Waals surface area contributed by atoms with Gasteiger partial charge in [-0.15, -0.1) is 0 Å². The Morgan fingerprint density at radius 1 is 1.50 bits per heavy atom. The van der Waals surface area contributed by atoms with Crippen molar-refractivity contribution in [3.8, 4) is 0 Å². The molecule has 2 unspecified atom stereocenters. The Hall–Kier alpha value is -0.610. The first-order chi connectivity index (χ1) is 7.83. The zero-order valence-corrected chi connectivity index (χ0v) is 10.2. The molecule has 2 atom stereocenters. The number of hydrogen-bond acceptors (Lipinski definition) is 3. The summed E-state index contributed by atoms with van der Waals surface area (Å²) in [5.41, 5.74) is 0. The molecule has 0 saturated carbocycles. The van der Waals surface area contributed by atoms with Crippen LogP contribution in [0.25, 0.3) is 0 Å². The summed E-state index contributed by atoms with van der Waals surface area (Å²) in [5.74, 6) is 0.538. The molecule has 2 fully saturated rings. The second kappa shape index (κ2) is 5.64. The van der Waals surface area contributed by atoms with E-state index in [1.165, 1.54) is 12.8 Å². The second-order valence-electron chi connectivity index (χ2n) is 4.85. The van der Waals surface area contributed by atoms with Gasteiger partial charge >= 0.3 is 0 Å². The van der Waals surface area contributed by atoms with Gasteiger partial charge < -0.3 is 10.6 Å². The molecule has 0 aromatic heterocycles. The number of fused-ring (bicyclic) bond motifs is 1. The van der Waals surface area contributed by atoms with Gasteiger partial charge in [-0.25, -0.2) is 0 Å². The highest BCUT2D eigenvalue weighted by molar-refractivity contribution is 5.82. The van der Waals surface area contributed by atoms with E-state index >= 15 is 0 Å². The molecule has 92 valence electrons. The molecule has 2 aliphatic heterocycles. The molecule has 0 bridgehead atoms. The zero-order valence-electron chi connectivity index (χ0n) is 10.2. The fourth-order valence-electron chi connectivity index (χ4n) is 2.84. The molecule has 2 aliphatic rings. The Bertz CT molecular complexity index is 244. The van der Waals surface area contributed by atoms with Crippen LogP contribution in [0.2, 0.25) is 0 Å². The highest BCUT2D eigenvalue weighted by Crippen LogP contribution is 2.26. The summed E-state index contributed by atoms with van der Waals surface area (Å²) < 4.78 is 0. The number of nitrogens with zero attached hydrogens (tertiary/aromatic N) is 1. The van der Waals surface area contributed by atoms with Crippen LogP contribution in [0.3, 0.4) is 0 Å². The third-order valence-electron chi connectivity index (χ3n) is 3.72. The number of nitrogens with one attached hydrogen (secondary N) is 2. The molecule has 4 nitrogen and oxygen atoms in total. The first-order valence-electron chi connectivity index (χ1n) is 6.55. The van der Waals surface area contributed by atoms with Gasteiger partial charge in [0.15, 0.2) is 0 Å². The van der Waals surface area contributed by atoms with Gasteiger partial charge in [0.1, 0.15) is 0 Å². The van der Waals surface area contributed by atoms with Crippen molar-refractivity contribution in [3.63, 3.8) is 0 Å². The van der Waals surface area contributed by atoms with Crippen LogP contribution in [0.1, 0.15) is 26.2 Å². The molecule has 2 heterocycles. The van der Waals surface area contributed by atoms with Crippen molar-refractivity contribution in [1.82, 2.24) is 15.5 Å². The standard InChI is InChI=1S/C12H23N3O/c1-2-5-13-6-8-15-7-3-4-10-11(15)9-14-12(10)16/h10-11,13H,2-9H2,1H3,(H,14,16). The van der Waals surface area contributed by atoms with Crippen molar-refractivity contribution in [2.75, 3.05) is 32.7 Å². The average molecular weight is 225 g/mol. The van der Waals surface area contributed by atoms with Crippen LogP contribution in [0.5, 0.6) is 0 Å². The van der Waals surface area contributed by atoms with Crippen LogP contribution >= 0.6 is 0 Å². The number of carbonyl (C=O) groups excluding carboxylic acids is 1. The summed E-state index contributed by atoms with van der Waals surface area (Å²) in [6.07, 6.45) is 3.43. The van der Waals surface area contributed by atoms with Crippen molar-refractivity contribution in [2.45, 2.75) is 32.2 Å². The topological polar surface area (TPSA) is 44.4 Å². The Kier molecular flexibility index (Phi) is 4.18. The summed E-state index contributed by atoms with van der Waals surface area (Å²) >= 11 is 0. The number of hydrogen-bond donors (Lipinski definition) is 2. The van der Waals surface area contributed by atoms with E-state index in [2.05, 4.69) is 22.5 Å². The highest BCUT2D eigenvalue weighted by atomic mass is 16.2. The van der Waals surface area contributed by atoms with E-state index in [4.69, 9.17) is 0 Å². The van der Waals surface area contributed by atoms with Gasteiger partial charge in [-0.1, -0.05) is 6.92 Å². The van der Waals surface area contributed by atoms with Gasteiger partial charge in [-0.2, -0.15) is 0 Å². The van der Waals surface area contributed by atoms with Crippen LogP contribution in [-0.2, 0) is 4.79 Å². The third-order valence-corrected chi connectivity index (χ3v) is 3.72. The molecule has 0 aromatic carbocycles. The summed E-state index contributed by atoms with van der Waals surface area (Å²) in [5, 5.41) is 6.42. The van der Waals surface area contributed by atoms with Crippen LogP contribution in [0, 0.1) is 5.92 Å². The summed E-state index contributed by atoms with van der Waals surface area (Å²) in [7, 11) is 0. The molecular formula is C12H23N3O. The molecular weight excluding hydrogens is 202 g/mol. The number of rotatable bonds is 5. The minimum atomic E-state index is 0.264. The van der Waals surface area contributed by atoms with Gasteiger partial charge in [0.25, 0.3) is 0 Å². The zero-order chi connectivity index (χ0) is 11.4. The van der Waals surface area contributed by atoms with Gasteiger partial charge in [0.2, 0.25) is 5.91 Å². The molecule has 0 aliphatic carbocycles. The van der Waals surface area contributed by atoms with Crippen molar-refractivity contribution >= 4 is 5.91 Å². The lowest BCUT2D eigenvalue weighted by molar-refractivity contribution is -0.124. The van der Waals surface area contributed by atoms with E-state index in [0.29, 0.717) is 6.04 Å². The molecule has 2 rings (SSSR count). The smallest absolute Gasteiger partial charge is 0.224 e. The van der Waals surface area contributed by atoms with Crippen molar-refractivity contribution in [1.29, 1.82) is 0 Å². The van der Waals surface area contributed by atoms with Crippen molar-refractivity contribution in [2.24, 2.45) is 5.92 Å². The molecule has 16 heavy (non-hydrogen) atoms. The van der Waals surface area contributed by atoms with Crippen LogP contribution < -0.4 is 10.6 Å². The lowest BCUT2D eigenvalue weighted by atomic mass is 9.91. The monoisotopic (exact) mass is 225 g/mol. The molecule has 4 heteroatoms. The van der Waals surface area contributed by atoms with Crippen LogP contribution in [0.4, 0.5) is 0 Å². The molecule has 0 aromatic rings. The number of likely N-dealkylation sites (tertiary alicyclic amines) is 1. The third kappa shape index (κ3) is 2.55. The summed E-state index contributed by atoms with van der Waals surface area (Å²) in [4.78, 5) is 14.1. The second-order valence-corrected chi connectivity index (χ2v) is 4.85. The Morgan fingerprint density at radius 2 is 2.38 bits per heavy atom. The Balaban J connectivity index is 1.78. The van der Waals surface area contributed by atoms with Gasteiger partial charge in [-0.3, -0.25) is 9.69 Å². The minimum Gasteiger partial charge on any atom is -0.354 e. The number of amides is 1. The van der Waals surface area contributed by atoms with E-state index in [1.807, 2.05) is 0 Å². The van der Waals surface area contributed by atoms with E-state index in [9.17, 15) is 4.79 Å². The van der Waals surface area contributed by atoms with Gasteiger partial charge in [0, 0.05) is 25.7 Å². The van der Waals surface area contributed by atoms with Gasteiger partial charge in [-0.05, 0) is 32.4 Å². The first kappa shape index (κ1) is 11.9. The Labute approximate surface area is 97.8 Å². The van der Waals surface area contributed by atoms with Gasteiger partial charge in [0.05, 0.1) is 5.92 Å². The van der Waals surface area contributed by atoms with Crippen LogP contribution in [-0.4, -0.2) is 49.6 Å². The van der Waals surface area contributed by atoms with E-state index in [1.54, 1.807) is 0 Å². The fraction of sp³-hybridized carbons (Fsp3) is 0.917. The first-order valence-corrected chi connectivity index (χ1v) is 6.55. The normalized spacial score (nSPS) is 30.2. The average Bonchev–Trinajstić information content (AvgIpc) is 2.68. The van der Waals surface area contributed by atoms with Crippen molar-refractivity contribution in [3.05, 3.63) is 0 Å².